The van der Waals surface area contributed by atoms with Gasteiger partial charge in [0.1, 0.15) is 0 Å². The second kappa shape index (κ2) is 9.18. The van der Waals surface area contributed by atoms with E-state index in [-0.39, 0.29) is 18.9 Å². The summed E-state index contributed by atoms with van der Waals surface area (Å²) in [6.45, 7) is 2.02. The van der Waals surface area contributed by atoms with Crippen molar-refractivity contribution < 1.29 is 19.8 Å². The summed E-state index contributed by atoms with van der Waals surface area (Å²) in [5.74, 6) is -2.15. The van der Waals surface area contributed by atoms with Gasteiger partial charge < -0.3 is 15.9 Å². The van der Waals surface area contributed by atoms with Gasteiger partial charge in [0.2, 0.25) is 0 Å². The van der Waals surface area contributed by atoms with Crippen LogP contribution in [0.25, 0.3) is 0 Å². The second-order valence-corrected chi connectivity index (χ2v) is 3.95. The molecule has 5 heteroatoms. The van der Waals surface area contributed by atoms with Gasteiger partial charge in [-0.05, 0) is 18.9 Å². The van der Waals surface area contributed by atoms with Crippen molar-refractivity contribution in [3.63, 3.8) is 0 Å². The first kappa shape index (κ1) is 16.1. The predicted molar refractivity (Wildman–Crippen MR) is 68.3 cm³/mol. The van der Waals surface area contributed by atoms with Gasteiger partial charge in [-0.3, -0.25) is 9.59 Å². The van der Waals surface area contributed by atoms with Crippen LogP contribution in [0.4, 0.5) is 0 Å². The molecule has 0 saturated heterocycles. The van der Waals surface area contributed by atoms with E-state index in [4.69, 9.17) is 15.9 Å². The summed E-state index contributed by atoms with van der Waals surface area (Å²) < 4.78 is 0. The lowest BCUT2D eigenvalue weighted by Crippen LogP contribution is -2.17. The highest BCUT2D eigenvalue weighted by molar-refractivity contribution is 5.75. The number of benzene rings is 1. The van der Waals surface area contributed by atoms with E-state index in [1.165, 1.54) is 5.56 Å². The first-order valence-electron chi connectivity index (χ1n) is 5.65. The summed E-state index contributed by atoms with van der Waals surface area (Å²) in [5.41, 5.74) is 6.94. The summed E-state index contributed by atoms with van der Waals surface area (Å²) >= 11 is 0. The molecule has 1 unspecified atom stereocenters. The highest BCUT2D eigenvalue weighted by Gasteiger charge is 2.00. The maximum Gasteiger partial charge on any atom is 0.303 e. The predicted octanol–water partition coefficient (Wildman–Crippen LogP) is 1.51. The Labute approximate surface area is 106 Å². The number of nitrogens with two attached hydrogens (primary N) is 1. The molecule has 0 spiro atoms. The van der Waals surface area contributed by atoms with Gasteiger partial charge >= 0.3 is 11.9 Å². The molecule has 18 heavy (non-hydrogen) atoms. The SMILES string of the molecule is CC(N)Cc1ccccc1.O=C(O)CCC(=O)O. The Kier molecular flexibility index (Phi) is 8.22. The third-order valence-electron chi connectivity index (χ3n) is 1.95. The number of carbonyl (C=O) groups is 2. The molecule has 0 amide bonds. The maximum absolute atomic E-state index is 9.64. The second-order valence-electron chi connectivity index (χ2n) is 3.95. The van der Waals surface area contributed by atoms with E-state index in [0.29, 0.717) is 0 Å². The first-order chi connectivity index (χ1) is 8.41. The molecular formula is C13H19NO4. The van der Waals surface area contributed by atoms with Crippen molar-refractivity contribution in [3.8, 4) is 0 Å². The van der Waals surface area contributed by atoms with Gasteiger partial charge in [0, 0.05) is 6.04 Å². The summed E-state index contributed by atoms with van der Waals surface area (Å²) in [6, 6.07) is 10.6. The van der Waals surface area contributed by atoms with E-state index in [1.807, 2.05) is 25.1 Å². The van der Waals surface area contributed by atoms with Crippen LogP contribution in [0.15, 0.2) is 30.3 Å². The van der Waals surface area contributed by atoms with Crippen LogP contribution in [0.3, 0.4) is 0 Å². The van der Waals surface area contributed by atoms with Crippen molar-refractivity contribution >= 4 is 11.9 Å². The Bertz CT molecular complexity index is 349. The molecule has 5 nitrogen and oxygen atoms in total. The Morgan fingerprint density at radius 2 is 1.56 bits per heavy atom. The van der Waals surface area contributed by atoms with Crippen molar-refractivity contribution in [2.75, 3.05) is 0 Å². The molecule has 100 valence electrons. The van der Waals surface area contributed by atoms with E-state index in [1.54, 1.807) is 0 Å². The monoisotopic (exact) mass is 253 g/mol. The zero-order chi connectivity index (χ0) is 14.0. The molecule has 0 aliphatic carbocycles. The quantitative estimate of drug-likeness (QED) is 0.738. The van der Waals surface area contributed by atoms with Crippen molar-refractivity contribution in [1.29, 1.82) is 0 Å². The topological polar surface area (TPSA) is 101 Å². The molecule has 0 aliphatic rings. The van der Waals surface area contributed by atoms with Crippen molar-refractivity contribution in [2.45, 2.75) is 32.2 Å². The van der Waals surface area contributed by atoms with E-state index >= 15 is 0 Å². The fourth-order valence-electron chi connectivity index (χ4n) is 1.20. The largest absolute Gasteiger partial charge is 0.481 e. The summed E-state index contributed by atoms with van der Waals surface area (Å²) in [6.07, 6.45) is 0.380. The highest BCUT2D eigenvalue weighted by atomic mass is 16.4. The van der Waals surface area contributed by atoms with Crippen LogP contribution < -0.4 is 5.73 Å². The van der Waals surface area contributed by atoms with Crippen LogP contribution in [-0.4, -0.2) is 28.2 Å². The van der Waals surface area contributed by atoms with Gasteiger partial charge in [-0.15, -0.1) is 0 Å². The average Bonchev–Trinajstić information content (AvgIpc) is 2.28. The zero-order valence-corrected chi connectivity index (χ0v) is 10.4. The molecule has 1 aromatic carbocycles. The van der Waals surface area contributed by atoms with Gasteiger partial charge in [-0.25, -0.2) is 0 Å². The third kappa shape index (κ3) is 10.6. The first-order valence-corrected chi connectivity index (χ1v) is 5.65. The molecule has 0 fully saturated rings. The molecule has 1 aromatic rings. The Hall–Kier alpha value is -1.88. The number of rotatable bonds is 5. The number of hydrogen-bond donors (Lipinski definition) is 3. The maximum atomic E-state index is 9.64. The number of aliphatic carboxylic acids is 2. The number of carboxylic acid groups (broad SMARTS) is 2. The van der Waals surface area contributed by atoms with Crippen molar-refractivity contribution in [3.05, 3.63) is 35.9 Å². The standard InChI is InChI=1S/C9H13N.C4H6O4/c1-8(10)7-9-5-3-2-4-6-9;5-3(6)1-2-4(7)8/h2-6,8H,7,10H2,1H3;1-2H2,(H,5,6)(H,7,8). The molecule has 0 saturated carbocycles. The lowest BCUT2D eigenvalue weighted by Gasteiger charge is -2.02. The Morgan fingerprint density at radius 3 is 1.89 bits per heavy atom. The van der Waals surface area contributed by atoms with E-state index in [9.17, 15) is 9.59 Å². The van der Waals surface area contributed by atoms with Gasteiger partial charge in [0.05, 0.1) is 12.8 Å². The molecule has 4 N–H and O–H groups in total. The fraction of sp³-hybridized carbons (Fsp3) is 0.385. The summed E-state index contributed by atoms with van der Waals surface area (Å²) in [7, 11) is 0. The molecular weight excluding hydrogens is 234 g/mol. The smallest absolute Gasteiger partial charge is 0.303 e. The average molecular weight is 253 g/mol. The zero-order valence-electron chi connectivity index (χ0n) is 10.4. The van der Waals surface area contributed by atoms with Crippen LogP contribution in [0.1, 0.15) is 25.3 Å². The summed E-state index contributed by atoms with van der Waals surface area (Å²) in [5, 5.41) is 15.8. The van der Waals surface area contributed by atoms with Crippen LogP contribution in [0.5, 0.6) is 0 Å². The highest BCUT2D eigenvalue weighted by Crippen LogP contribution is 2.00. The van der Waals surface area contributed by atoms with Gasteiger partial charge in [-0.2, -0.15) is 0 Å². The molecule has 0 aliphatic heterocycles. The fourth-order valence-corrected chi connectivity index (χ4v) is 1.20. The minimum Gasteiger partial charge on any atom is -0.481 e. The van der Waals surface area contributed by atoms with E-state index in [0.717, 1.165) is 6.42 Å². The molecule has 1 atom stereocenters. The van der Waals surface area contributed by atoms with Gasteiger partial charge in [0.25, 0.3) is 0 Å². The van der Waals surface area contributed by atoms with Crippen LogP contribution in [0, 0.1) is 0 Å². The lowest BCUT2D eigenvalue weighted by atomic mass is 10.1. The molecule has 0 radical (unpaired) electrons. The Morgan fingerprint density at radius 1 is 1.11 bits per heavy atom. The van der Waals surface area contributed by atoms with E-state index in [2.05, 4.69) is 12.1 Å². The van der Waals surface area contributed by atoms with Crippen molar-refractivity contribution in [1.82, 2.24) is 0 Å². The van der Waals surface area contributed by atoms with Crippen LogP contribution in [0.2, 0.25) is 0 Å². The minimum atomic E-state index is -1.08. The van der Waals surface area contributed by atoms with Crippen molar-refractivity contribution in [2.24, 2.45) is 5.73 Å². The molecule has 0 aromatic heterocycles. The minimum absolute atomic E-state index is 0.266. The molecule has 1 rings (SSSR count). The van der Waals surface area contributed by atoms with E-state index < -0.39 is 11.9 Å². The summed E-state index contributed by atoms with van der Waals surface area (Å²) in [4.78, 5) is 19.3. The van der Waals surface area contributed by atoms with Crippen LogP contribution >= 0.6 is 0 Å². The Balaban J connectivity index is 0.000000331. The van der Waals surface area contributed by atoms with Gasteiger partial charge in [0.15, 0.2) is 0 Å². The molecule has 0 heterocycles. The third-order valence-corrected chi connectivity index (χ3v) is 1.95. The van der Waals surface area contributed by atoms with Gasteiger partial charge in [-0.1, -0.05) is 30.3 Å². The van der Waals surface area contributed by atoms with Crippen LogP contribution in [-0.2, 0) is 16.0 Å². The molecule has 0 bridgehead atoms. The number of hydrogen-bond acceptors (Lipinski definition) is 3. The number of carboxylic acids is 2. The lowest BCUT2D eigenvalue weighted by molar-refractivity contribution is -0.143. The normalized spacial score (nSPS) is 11.0.